The van der Waals surface area contributed by atoms with Crippen LogP contribution in [-0.4, -0.2) is 32.8 Å². The van der Waals surface area contributed by atoms with Crippen LogP contribution < -0.4 is 14.8 Å². The molecule has 1 amide bonds. The molecule has 0 saturated heterocycles. The number of phenolic OH excluding ortho intramolecular Hbond substituents is 1. The summed E-state index contributed by atoms with van der Waals surface area (Å²) in [4.78, 5) is 12.3. The number of aromatic hydroxyl groups is 1. The van der Waals surface area contributed by atoms with Crippen LogP contribution in [0.3, 0.4) is 0 Å². The zero-order valence-corrected chi connectivity index (χ0v) is 14.3. The van der Waals surface area contributed by atoms with Crippen LogP contribution in [0, 0.1) is 6.92 Å². The molecule has 0 heterocycles. The lowest BCUT2D eigenvalue weighted by Crippen LogP contribution is -2.13. The number of aryl methyl sites for hydroxylation is 1. The summed E-state index contributed by atoms with van der Waals surface area (Å²) in [5.41, 5.74) is 1.64. The van der Waals surface area contributed by atoms with E-state index in [0.29, 0.717) is 5.69 Å². The van der Waals surface area contributed by atoms with Crippen molar-refractivity contribution in [2.24, 2.45) is 0 Å². The van der Waals surface area contributed by atoms with E-state index in [1.54, 1.807) is 12.1 Å². The molecule has 0 radical (unpaired) electrons. The van der Waals surface area contributed by atoms with Gasteiger partial charge >= 0.3 is 0 Å². The molecule has 0 spiro atoms. The molecule has 0 saturated carbocycles. The van der Waals surface area contributed by atoms with Gasteiger partial charge in [0.15, 0.2) is 0 Å². The van der Waals surface area contributed by atoms with Crippen LogP contribution in [-0.2, 0) is 10.0 Å². The highest BCUT2D eigenvalue weighted by atomic mass is 32.2. The van der Waals surface area contributed by atoms with E-state index in [1.807, 2.05) is 6.92 Å². The van der Waals surface area contributed by atoms with Gasteiger partial charge in [-0.25, -0.2) is 8.42 Å². The Bertz CT molecular complexity index is 878. The fourth-order valence-electron chi connectivity index (χ4n) is 2.08. The molecule has 0 aliphatic carbocycles. The molecule has 0 aliphatic rings. The number of ether oxygens (including phenoxy) is 1. The molecule has 8 heteroatoms. The highest BCUT2D eigenvalue weighted by Gasteiger charge is 2.14. The first-order valence-corrected chi connectivity index (χ1v) is 8.85. The van der Waals surface area contributed by atoms with Crippen molar-refractivity contribution in [2.75, 3.05) is 23.4 Å². The smallest absolute Gasteiger partial charge is 0.259 e. The number of methoxy groups -OCH3 is 1. The summed E-state index contributed by atoms with van der Waals surface area (Å²) < 4.78 is 30.1. The molecule has 0 bridgehead atoms. The Morgan fingerprint density at radius 1 is 1.17 bits per heavy atom. The van der Waals surface area contributed by atoms with E-state index in [1.165, 1.54) is 31.4 Å². The van der Waals surface area contributed by atoms with Crippen molar-refractivity contribution in [3.05, 3.63) is 47.5 Å². The summed E-state index contributed by atoms with van der Waals surface area (Å²) in [5, 5.41) is 12.4. The van der Waals surface area contributed by atoms with Gasteiger partial charge in [0.1, 0.15) is 11.5 Å². The molecule has 2 rings (SSSR count). The molecule has 7 nitrogen and oxygen atoms in total. The molecule has 2 aromatic carbocycles. The number of carbonyl (C=O) groups excluding carboxylic acids is 1. The highest BCUT2D eigenvalue weighted by Crippen LogP contribution is 2.29. The van der Waals surface area contributed by atoms with Gasteiger partial charge in [0.05, 0.1) is 24.6 Å². The second-order valence-electron chi connectivity index (χ2n) is 5.26. The first kappa shape index (κ1) is 17.6. The third-order valence-electron chi connectivity index (χ3n) is 3.15. The lowest BCUT2D eigenvalue weighted by molar-refractivity contribution is 0.102. The minimum atomic E-state index is -3.45. The number of hydrogen-bond acceptors (Lipinski definition) is 5. The molecule has 0 atom stereocenters. The van der Waals surface area contributed by atoms with Crippen LogP contribution in [0.15, 0.2) is 36.4 Å². The van der Waals surface area contributed by atoms with Crippen molar-refractivity contribution in [1.82, 2.24) is 0 Å². The van der Waals surface area contributed by atoms with E-state index in [0.717, 1.165) is 11.8 Å². The van der Waals surface area contributed by atoms with E-state index in [4.69, 9.17) is 4.74 Å². The van der Waals surface area contributed by atoms with Crippen molar-refractivity contribution in [3.8, 4) is 11.5 Å². The average molecular weight is 350 g/mol. The zero-order chi connectivity index (χ0) is 17.9. The number of nitrogens with one attached hydrogen (secondary N) is 2. The van der Waals surface area contributed by atoms with Crippen molar-refractivity contribution in [2.45, 2.75) is 6.92 Å². The summed E-state index contributed by atoms with van der Waals surface area (Å²) in [7, 11) is -2.06. The number of carbonyl (C=O) groups is 1. The van der Waals surface area contributed by atoms with Crippen LogP contribution in [0.5, 0.6) is 11.5 Å². The number of hydrogen-bond donors (Lipinski definition) is 3. The standard InChI is InChI=1S/C16H18N2O5S/c1-10-4-7-14(19)12(8-10)16(20)17-11-5-6-13(15(9-11)23-2)18-24(3,21)22/h4-9,18-19H,1-3H3,(H,17,20). The van der Waals surface area contributed by atoms with Crippen LogP contribution in [0.1, 0.15) is 15.9 Å². The van der Waals surface area contributed by atoms with Gasteiger partial charge in [0.2, 0.25) is 10.0 Å². The quantitative estimate of drug-likeness (QED) is 0.768. The Balaban J connectivity index is 2.27. The first-order valence-electron chi connectivity index (χ1n) is 6.96. The molecule has 2 aromatic rings. The third-order valence-corrected chi connectivity index (χ3v) is 3.74. The Morgan fingerprint density at radius 3 is 2.50 bits per heavy atom. The van der Waals surface area contributed by atoms with Crippen LogP contribution in [0.2, 0.25) is 0 Å². The molecule has 0 fully saturated rings. The van der Waals surface area contributed by atoms with Crippen LogP contribution >= 0.6 is 0 Å². The predicted molar refractivity (Wildman–Crippen MR) is 92.3 cm³/mol. The molecule has 24 heavy (non-hydrogen) atoms. The third kappa shape index (κ3) is 4.39. The number of benzene rings is 2. The minimum absolute atomic E-state index is 0.125. The van der Waals surface area contributed by atoms with Gasteiger partial charge in [0, 0.05) is 11.8 Å². The molecule has 3 N–H and O–H groups in total. The Labute approximate surface area is 140 Å². The van der Waals surface area contributed by atoms with Gasteiger partial charge < -0.3 is 15.2 Å². The maximum Gasteiger partial charge on any atom is 0.259 e. The van der Waals surface area contributed by atoms with E-state index in [-0.39, 0.29) is 22.7 Å². The largest absolute Gasteiger partial charge is 0.507 e. The predicted octanol–water partition coefficient (Wildman–Crippen LogP) is 2.33. The summed E-state index contributed by atoms with van der Waals surface area (Å²) in [6.07, 6.45) is 1.03. The number of amides is 1. The van der Waals surface area contributed by atoms with E-state index in [2.05, 4.69) is 10.0 Å². The fourth-order valence-corrected chi connectivity index (χ4v) is 2.65. The van der Waals surface area contributed by atoms with E-state index >= 15 is 0 Å². The molecular formula is C16H18N2O5S. The Morgan fingerprint density at radius 2 is 1.88 bits per heavy atom. The number of sulfonamides is 1. The second kappa shape index (κ2) is 6.79. The number of anilines is 2. The van der Waals surface area contributed by atoms with Crippen LogP contribution in [0.4, 0.5) is 11.4 Å². The molecule has 128 valence electrons. The van der Waals surface area contributed by atoms with Crippen molar-refractivity contribution in [1.29, 1.82) is 0 Å². The summed E-state index contributed by atoms with van der Waals surface area (Å²) in [5.74, 6) is -0.353. The van der Waals surface area contributed by atoms with Gasteiger partial charge in [-0.15, -0.1) is 0 Å². The lowest BCUT2D eigenvalue weighted by Gasteiger charge is -2.13. The lowest BCUT2D eigenvalue weighted by atomic mass is 10.1. The van der Waals surface area contributed by atoms with Crippen molar-refractivity contribution >= 4 is 27.3 Å². The average Bonchev–Trinajstić information content (AvgIpc) is 2.49. The monoisotopic (exact) mass is 350 g/mol. The van der Waals surface area contributed by atoms with E-state index in [9.17, 15) is 18.3 Å². The molecular weight excluding hydrogens is 332 g/mol. The first-order chi connectivity index (χ1) is 11.2. The normalized spacial score (nSPS) is 11.0. The summed E-state index contributed by atoms with van der Waals surface area (Å²) in [6.45, 7) is 1.81. The Hall–Kier alpha value is -2.74. The summed E-state index contributed by atoms with van der Waals surface area (Å²) >= 11 is 0. The van der Waals surface area contributed by atoms with E-state index < -0.39 is 15.9 Å². The molecule has 0 aliphatic heterocycles. The maximum atomic E-state index is 12.3. The van der Waals surface area contributed by atoms with Crippen molar-refractivity contribution in [3.63, 3.8) is 0 Å². The topological polar surface area (TPSA) is 105 Å². The Kier molecular flexibility index (Phi) is 4.99. The SMILES string of the molecule is COc1cc(NC(=O)c2cc(C)ccc2O)ccc1NS(C)(=O)=O. The van der Waals surface area contributed by atoms with Gasteiger partial charge in [-0.1, -0.05) is 11.6 Å². The fraction of sp³-hybridized carbons (Fsp3) is 0.188. The molecule has 0 aromatic heterocycles. The van der Waals surface area contributed by atoms with Gasteiger partial charge in [0.25, 0.3) is 5.91 Å². The van der Waals surface area contributed by atoms with Crippen LogP contribution in [0.25, 0.3) is 0 Å². The second-order valence-corrected chi connectivity index (χ2v) is 7.01. The number of rotatable bonds is 5. The minimum Gasteiger partial charge on any atom is -0.507 e. The van der Waals surface area contributed by atoms with Gasteiger partial charge in [-0.05, 0) is 31.2 Å². The van der Waals surface area contributed by atoms with Crippen molar-refractivity contribution < 1.29 is 23.1 Å². The number of phenols is 1. The van der Waals surface area contributed by atoms with Gasteiger partial charge in [-0.3, -0.25) is 9.52 Å². The van der Waals surface area contributed by atoms with Gasteiger partial charge in [-0.2, -0.15) is 0 Å². The summed E-state index contributed by atoms with van der Waals surface area (Å²) in [6, 6.07) is 9.21. The highest BCUT2D eigenvalue weighted by molar-refractivity contribution is 7.92. The zero-order valence-electron chi connectivity index (χ0n) is 13.5. The molecule has 0 unspecified atom stereocenters. The maximum absolute atomic E-state index is 12.3.